The Morgan fingerprint density at radius 1 is 1.00 bits per heavy atom. The highest BCUT2D eigenvalue weighted by molar-refractivity contribution is 7.80. The number of carbonyl (C=O) groups is 1. The fraction of sp³-hybridized carbons (Fsp3) is 0.0667. The molecule has 0 unspecified atom stereocenters. The van der Waals surface area contributed by atoms with E-state index in [4.69, 9.17) is 51.8 Å². The molecule has 2 aromatic carbocycles. The molecule has 0 saturated heterocycles. The van der Waals surface area contributed by atoms with Gasteiger partial charge in [-0.2, -0.15) is 0 Å². The van der Waals surface area contributed by atoms with E-state index in [2.05, 4.69) is 10.6 Å². The Balaban J connectivity index is 1.82. The zero-order valence-corrected chi connectivity index (χ0v) is 14.7. The van der Waals surface area contributed by atoms with Gasteiger partial charge in [0.05, 0.1) is 0 Å². The number of halogens is 3. The average Bonchev–Trinajstić information content (AvgIpc) is 2.45. The van der Waals surface area contributed by atoms with E-state index >= 15 is 0 Å². The molecule has 120 valence electrons. The van der Waals surface area contributed by atoms with Crippen LogP contribution in [0.25, 0.3) is 0 Å². The fourth-order valence-corrected chi connectivity index (χ4v) is 2.51. The maximum atomic E-state index is 11.8. The molecule has 8 heteroatoms. The van der Waals surface area contributed by atoms with Crippen molar-refractivity contribution in [3.8, 4) is 5.75 Å². The van der Waals surface area contributed by atoms with Crippen LogP contribution in [0.4, 0.5) is 5.69 Å². The van der Waals surface area contributed by atoms with Crippen LogP contribution in [-0.4, -0.2) is 17.6 Å². The third kappa shape index (κ3) is 6.23. The number of benzene rings is 2. The second kappa shape index (κ2) is 8.36. The molecule has 0 aliphatic carbocycles. The van der Waals surface area contributed by atoms with Crippen molar-refractivity contribution in [3.63, 3.8) is 0 Å². The molecule has 0 spiro atoms. The van der Waals surface area contributed by atoms with Gasteiger partial charge in [-0.05, 0) is 54.7 Å². The predicted molar refractivity (Wildman–Crippen MR) is 97.8 cm³/mol. The molecule has 23 heavy (non-hydrogen) atoms. The zero-order chi connectivity index (χ0) is 16.8. The second-order valence-corrected chi connectivity index (χ2v) is 6.12. The first-order valence-corrected chi connectivity index (χ1v) is 7.92. The number of hydrogen-bond acceptors (Lipinski definition) is 3. The van der Waals surface area contributed by atoms with Gasteiger partial charge in [0, 0.05) is 20.8 Å². The summed E-state index contributed by atoms with van der Waals surface area (Å²) in [5.74, 6) is 0.135. The van der Waals surface area contributed by atoms with E-state index in [-0.39, 0.29) is 11.7 Å². The van der Waals surface area contributed by atoms with Gasteiger partial charge >= 0.3 is 0 Å². The Hall–Kier alpha value is -1.53. The first-order valence-electron chi connectivity index (χ1n) is 6.37. The van der Waals surface area contributed by atoms with Crippen molar-refractivity contribution in [2.75, 3.05) is 11.9 Å². The van der Waals surface area contributed by atoms with Crippen LogP contribution < -0.4 is 15.4 Å². The highest BCUT2D eigenvalue weighted by atomic mass is 35.5. The molecular formula is C15H11Cl3N2O2S. The monoisotopic (exact) mass is 388 g/mol. The summed E-state index contributed by atoms with van der Waals surface area (Å²) >= 11 is 22.6. The smallest absolute Gasteiger partial charge is 0.264 e. The van der Waals surface area contributed by atoms with Crippen LogP contribution in [0.5, 0.6) is 5.75 Å². The number of ether oxygens (including phenoxy) is 1. The van der Waals surface area contributed by atoms with Crippen molar-refractivity contribution in [2.24, 2.45) is 0 Å². The number of carbonyl (C=O) groups excluding carboxylic acids is 1. The SMILES string of the molecule is O=C(COc1ccc(Cl)cc1)NC(=S)Nc1cc(Cl)cc(Cl)c1. The minimum Gasteiger partial charge on any atom is -0.484 e. The highest BCUT2D eigenvalue weighted by Crippen LogP contribution is 2.22. The van der Waals surface area contributed by atoms with Gasteiger partial charge in [0.25, 0.3) is 5.91 Å². The molecule has 0 aliphatic heterocycles. The summed E-state index contributed by atoms with van der Waals surface area (Å²) in [6.07, 6.45) is 0. The van der Waals surface area contributed by atoms with Crippen LogP contribution in [0.2, 0.25) is 15.1 Å². The Labute approximate surface area is 153 Å². The lowest BCUT2D eigenvalue weighted by Crippen LogP contribution is -2.37. The van der Waals surface area contributed by atoms with Gasteiger partial charge in [-0.1, -0.05) is 34.8 Å². The summed E-state index contributed by atoms with van der Waals surface area (Å²) in [5.41, 5.74) is 0.575. The number of thiocarbonyl (C=S) groups is 1. The lowest BCUT2D eigenvalue weighted by molar-refractivity contribution is -0.121. The molecule has 2 aromatic rings. The van der Waals surface area contributed by atoms with E-state index in [9.17, 15) is 4.79 Å². The maximum Gasteiger partial charge on any atom is 0.264 e. The molecule has 0 saturated carbocycles. The van der Waals surface area contributed by atoms with Gasteiger partial charge < -0.3 is 10.1 Å². The van der Waals surface area contributed by atoms with Crippen molar-refractivity contribution >= 4 is 63.7 Å². The normalized spacial score (nSPS) is 10.0. The quantitative estimate of drug-likeness (QED) is 0.754. The summed E-state index contributed by atoms with van der Waals surface area (Å²) in [6.45, 7) is -0.181. The van der Waals surface area contributed by atoms with Crippen LogP contribution in [0.3, 0.4) is 0 Å². The van der Waals surface area contributed by atoms with Crippen molar-refractivity contribution in [1.82, 2.24) is 5.32 Å². The van der Waals surface area contributed by atoms with E-state index in [1.54, 1.807) is 42.5 Å². The number of hydrogen-bond donors (Lipinski definition) is 2. The molecule has 0 atom stereocenters. The summed E-state index contributed by atoms with van der Waals surface area (Å²) in [4.78, 5) is 11.8. The third-order valence-corrected chi connectivity index (χ3v) is 3.45. The summed E-state index contributed by atoms with van der Waals surface area (Å²) in [6, 6.07) is 11.5. The average molecular weight is 390 g/mol. The summed E-state index contributed by atoms with van der Waals surface area (Å²) in [7, 11) is 0. The second-order valence-electron chi connectivity index (χ2n) is 4.40. The van der Waals surface area contributed by atoms with Gasteiger partial charge in [-0.25, -0.2) is 0 Å². The molecule has 4 nitrogen and oxygen atoms in total. The molecule has 1 amide bonds. The molecule has 0 aliphatic rings. The summed E-state index contributed by atoms with van der Waals surface area (Å²) in [5, 5.41) is 6.94. The standard InChI is InChI=1S/C15H11Cl3N2O2S/c16-9-1-3-13(4-2-9)22-8-14(21)20-15(23)19-12-6-10(17)5-11(18)7-12/h1-7H,8H2,(H2,19,20,21,23). The van der Waals surface area contributed by atoms with Crippen LogP contribution in [-0.2, 0) is 4.79 Å². The number of nitrogens with one attached hydrogen (secondary N) is 2. The van der Waals surface area contributed by atoms with Crippen molar-refractivity contribution in [2.45, 2.75) is 0 Å². The van der Waals surface area contributed by atoms with Crippen LogP contribution in [0.15, 0.2) is 42.5 Å². The van der Waals surface area contributed by atoms with Crippen molar-refractivity contribution in [3.05, 3.63) is 57.5 Å². The Morgan fingerprint density at radius 3 is 2.22 bits per heavy atom. The maximum absolute atomic E-state index is 11.8. The Morgan fingerprint density at radius 2 is 1.61 bits per heavy atom. The van der Waals surface area contributed by atoms with Gasteiger partial charge in [0.2, 0.25) is 0 Å². The van der Waals surface area contributed by atoms with Gasteiger partial charge in [0.1, 0.15) is 5.75 Å². The molecule has 2 N–H and O–H groups in total. The van der Waals surface area contributed by atoms with E-state index in [0.717, 1.165) is 0 Å². The van der Waals surface area contributed by atoms with E-state index in [1.807, 2.05) is 0 Å². The number of rotatable bonds is 4. The predicted octanol–water partition coefficient (Wildman–Crippen LogP) is 4.54. The topological polar surface area (TPSA) is 50.4 Å². The third-order valence-electron chi connectivity index (χ3n) is 2.56. The van der Waals surface area contributed by atoms with Crippen molar-refractivity contribution < 1.29 is 9.53 Å². The summed E-state index contributed by atoms with van der Waals surface area (Å²) < 4.78 is 5.31. The van der Waals surface area contributed by atoms with E-state index in [1.165, 1.54) is 0 Å². The number of anilines is 1. The Kier molecular flexibility index (Phi) is 6.47. The van der Waals surface area contributed by atoms with Gasteiger partial charge in [-0.3, -0.25) is 10.1 Å². The first-order chi connectivity index (χ1) is 10.9. The van der Waals surface area contributed by atoms with Crippen LogP contribution >= 0.6 is 47.0 Å². The van der Waals surface area contributed by atoms with E-state index < -0.39 is 5.91 Å². The minimum absolute atomic E-state index is 0.119. The first kappa shape index (κ1) is 17.8. The largest absolute Gasteiger partial charge is 0.484 e. The molecule has 2 rings (SSSR count). The lowest BCUT2D eigenvalue weighted by Gasteiger charge is -2.11. The van der Waals surface area contributed by atoms with Crippen molar-refractivity contribution in [1.29, 1.82) is 0 Å². The molecular weight excluding hydrogens is 379 g/mol. The fourth-order valence-electron chi connectivity index (χ4n) is 1.63. The Bertz CT molecular complexity index is 703. The molecule has 0 bridgehead atoms. The molecule has 0 radical (unpaired) electrons. The molecule has 0 fully saturated rings. The zero-order valence-electron chi connectivity index (χ0n) is 11.6. The van der Waals surface area contributed by atoms with Gasteiger partial charge in [0.15, 0.2) is 11.7 Å². The van der Waals surface area contributed by atoms with Gasteiger partial charge in [-0.15, -0.1) is 0 Å². The molecule has 0 aromatic heterocycles. The van der Waals surface area contributed by atoms with Crippen LogP contribution in [0.1, 0.15) is 0 Å². The minimum atomic E-state index is -0.398. The lowest BCUT2D eigenvalue weighted by atomic mass is 10.3. The number of amides is 1. The van der Waals surface area contributed by atoms with E-state index in [0.29, 0.717) is 26.5 Å². The highest BCUT2D eigenvalue weighted by Gasteiger charge is 2.07. The van der Waals surface area contributed by atoms with Crippen LogP contribution in [0, 0.1) is 0 Å². The molecule has 0 heterocycles.